The minimum atomic E-state index is 0.0556. The minimum absolute atomic E-state index is 0.0556. The fourth-order valence-corrected chi connectivity index (χ4v) is 6.43. The lowest BCUT2D eigenvalue weighted by molar-refractivity contribution is -0.158. The highest BCUT2D eigenvalue weighted by atomic mass is 16.2. The zero-order chi connectivity index (χ0) is 14.4. The molecule has 2 N–H and O–H groups in total. The molecule has 118 valence electrons. The number of rotatable bonds is 4. The predicted octanol–water partition coefficient (Wildman–Crippen LogP) is 2.93. The number of carbonyl (C=O) groups is 1. The molecule has 5 rings (SSSR count). The van der Waals surface area contributed by atoms with Crippen LogP contribution in [0.2, 0.25) is 0 Å². The van der Waals surface area contributed by atoms with Gasteiger partial charge in [0, 0.05) is 12.6 Å². The van der Waals surface area contributed by atoms with Gasteiger partial charge in [0.15, 0.2) is 0 Å². The Morgan fingerprint density at radius 2 is 1.71 bits per heavy atom. The van der Waals surface area contributed by atoms with Crippen molar-refractivity contribution >= 4 is 5.91 Å². The molecule has 0 aromatic carbocycles. The third-order valence-corrected chi connectivity index (χ3v) is 6.87. The number of carbonyl (C=O) groups excluding carboxylic acids is 1. The standard InChI is InChI=1S/C18H30N2O/c19-5-1-3-16-4-2-6-20(16)17(21)18-10-13-7-14(11-18)9-15(8-13)12-18/h13-16H,1-12,19H2. The van der Waals surface area contributed by atoms with Crippen LogP contribution in [0.1, 0.15) is 64.2 Å². The van der Waals surface area contributed by atoms with E-state index < -0.39 is 0 Å². The van der Waals surface area contributed by atoms with Crippen LogP contribution in [0.4, 0.5) is 0 Å². The summed E-state index contributed by atoms with van der Waals surface area (Å²) < 4.78 is 0. The van der Waals surface area contributed by atoms with E-state index in [1.165, 1.54) is 51.4 Å². The molecule has 5 fully saturated rings. The minimum Gasteiger partial charge on any atom is -0.339 e. The van der Waals surface area contributed by atoms with Gasteiger partial charge in [-0.05, 0) is 88.5 Å². The number of nitrogens with zero attached hydrogens (tertiary/aromatic N) is 1. The van der Waals surface area contributed by atoms with Gasteiger partial charge in [0.05, 0.1) is 5.41 Å². The van der Waals surface area contributed by atoms with E-state index >= 15 is 0 Å². The molecule has 0 spiro atoms. The Kier molecular flexibility index (Phi) is 3.52. The first-order chi connectivity index (χ1) is 10.2. The summed E-state index contributed by atoms with van der Waals surface area (Å²) in [6.07, 6.45) is 12.5. The van der Waals surface area contributed by atoms with Gasteiger partial charge in [-0.1, -0.05) is 0 Å². The fraction of sp³-hybridized carbons (Fsp3) is 0.944. The molecule has 3 nitrogen and oxygen atoms in total. The van der Waals surface area contributed by atoms with Crippen LogP contribution in [0.15, 0.2) is 0 Å². The Labute approximate surface area is 128 Å². The normalized spacial score (nSPS) is 44.5. The molecule has 1 saturated heterocycles. The molecular formula is C18H30N2O. The van der Waals surface area contributed by atoms with Crippen molar-refractivity contribution in [3.8, 4) is 0 Å². The third-order valence-electron chi connectivity index (χ3n) is 6.87. The molecule has 4 saturated carbocycles. The van der Waals surface area contributed by atoms with Gasteiger partial charge in [0.2, 0.25) is 5.91 Å². The smallest absolute Gasteiger partial charge is 0.229 e. The third kappa shape index (κ3) is 2.32. The first-order valence-corrected chi connectivity index (χ1v) is 9.21. The molecule has 1 atom stereocenters. The van der Waals surface area contributed by atoms with Crippen LogP contribution < -0.4 is 5.73 Å². The van der Waals surface area contributed by atoms with Crippen molar-refractivity contribution in [1.82, 2.24) is 4.90 Å². The molecule has 0 aromatic heterocycles. The van der Waals surface area contributed by atoms with Gasteiger partial charge in [-0.25, -0.2) is 0 Å². The van der Waals surface area contributed by atoms with Crippen molar-refractivity contribution in [2.24, 2.45) is 28.9 Å². The largest absolute Gasteiger partial charge is 0.339 e. The van der Waals surface area contributed by atoms with E-state index in [2.05, 4.69) is 4.90 Å². The highest BCUT2D eigenvalue weighted by Crippen LogP contribution is 2.60. The summed E-state index contributed by atoms with van der Waals surface area (Å²) in [6, 6.07) is 0.494. The zero-order valence-electron chi connectivity index (χ0n) is 13.2. The predicted molar refractivity (Wildman–Crippen MR) is 83.6 cm³/mol. The van der Waals surface area contributed by atoms with Gasteiger partial charge in [0.1, 0.15) is 0 Å². The lowest BCUT2D eigenvalue weighted by Gasteiger charge is -2.56. The average Bonchev–Trinajstić information content (AvgIpc) is 2.91. The van der Waals surface area contributed by atoms with Gasteiger partial charge in [-0.15, -0.1) is 0 Å². The molecule has 1 aliphatic heterocycles. The number of hydrogen-bond acceptors (Lipinski definition) is 2. The average molecular weight is 290 g/mol. The summed E-state index contributed by atoms with van der Waals surface area (Å²) in [4.78, 5) is 15.6. The maximum atomic E-state index is 13.4. The van der Waals surface area contributed by atoms with Gasteiger partial charge in [0.25, 0.3) is 0 Å². The number of likely N-dealkylation sites (tertiary alicyclic amines) is 1. The number of amides is 1. The number of hydrogen-bond donors (Lipinski definition) is 1. The van der Waals surface area contributed by atoms with Crippen LogP contribution >= 0.6 is 0 Å². The van der Waals surface area contributed by atoms with E-state index in [9.17, 15) is 4.79 Å². The summed E-state index contributed by atoms with van der Waals surface area (Å²) in [7, 11) is 0. The van der Waals surface area contributed by atoms with Crippen molar-refractivity contribution in [2.45, 2.75) is 70.3 Å². The lowest BCUT2D eigenvalue weighted by atomic mass is 9.49. The van der Waals surface area contributed by atoms with Crippen LogP contribution in [0.3, 0.4) is 0 Å². The first-order valence-electron chi connectivity index (χ1n) is 9.21. The van der Waals surface area contributed by atoms with E-state index in [1.807, 2.05) is 0 Å². The van der Waals surface area contributed by atoms with E-state index in [0.717, 1.165) is 43.7 Å². The van der Waals surface area contributed by atoms with Crippen LogP contribution in [0.5, 0.6) is 0 Å². The summed E-state index contributed by atoms with van der Waals surface area (Å²) in [5.41, 5.74) is 5.73. The Bertz CT molecular complexity index is 384. The Hall–Kier alpha value is -0.570. The van der Waals surface area contributed by atoms with Gasteiger partial charge < -0.3 is 10.6 Å². The second kappa shape index (κ2) is 5.26. The van der Waals surface area contributed by atoms with E-state index in [1.54, 1.807) is 0 Å². The summed E-state index contributed by atoms with van der Waals surface area (Å²) in [6.45, 7) is 1.77. The van der Waals surface area contributed by atoms with Crippen molar-refractivity contribution in [3.63, 3.8) is 0 Å². The van der Waals surface area contributed by atoms with E-state index in [4.69, 9.17) is 5.73 Å². The van der Waals surface area contributed by atoms with Crippen molar-refractivity contribution in [2.75, 3.05) is 13.1 Å². The van der Waals surface area contributed by atoms with Crippen LogP contribution in [-0.2, 0) is 4.79 Å². The van der Waals surface area contributed by atoms with Crippen molar-refractivity contribution in [1.29, 1.82) is 0 Å². The molecule has 0 radical (unpaired) electrons. The topological polar surface area (TPSA) is 46.3 Å². The first kappa shape index (κ1) is 14.0. The highest BCUT2D eigenvalue weighted by molar-refractivity contribution is 5.84. The van der Waals surface area contributed by atoms with Crippen molar-refractivity contribution in [3.05, 3.63) is 0 Å². The molecule has 4 bridgehead atoms. The lowest BCUT2D eigenvalue weighted by Crippen LogP contribution is -2.55. The summed E-state index contributed by atoms with van der Waals surface area (Å²) in [5.74, 6) is 3.14. The Balaban J connectivity index is 1.51. The molecule has 1 heterocycles. The van der Waals surface area contributed by atoms with E-state index in [0.29, 0.717) is 11.9 Å². The SMILES string of the molecule is NCCCC1CCCN1C(=O)C12CC3CC(CC(C3)C1)C2. The second-order valence-corrected chi connectivity index (χ2v) is 8.42. The summed E-state index contributed by atoms with van der Waals surface area (Å²) >= 11 is 0. The molecule has 21 heavy (non-hydrogen) atoms. The van der Waals surface area contributed by atoms with Crippen molar-refractivity contribution < 1.29 is 4.79 Å². The maximum Gasteiger partial charge on any atom is 0.229 e. The highest BCUT2D eigenvalue weighted by Gasteiger charge is 2.56. The Morgan fingerprint density at radius 3 is 2.29 bits per heavy atom. The molecule has 5 aliphatic rings. The zero-order valence-corrected chi connectivity index (χ0v) is 13.2. The van der Waals surface area contributed by atoms with Crippen LogP contribution in [-0.4, -0.2) is 29.9 Å². The van der Waals surface area contributed by atoms with Gasteiger partial charge in [-0.2, -0.15) is 0 Å². The van der Waals surface area contributed by atoms with Gasteiger partial charge in [-0.3, -0.25) is 4.79 Å². The molecule has 1 amide bonds. The quantitative estimate of drug-likeness (QED) is 0.865. The van der Waals surface area contributed by atoms with Crippen LogP contribution in [0.25, 0.3) is 0 Å². The monoisotopic (exact) mass is 290 g/mol. The van der Waals surface area contributed by atoms with Crippen LogP contribution in [0, 0.1) is 23.2 Å². The molecule has 4 aliphatic carbocycles. The molecular weight excluding hydrogens is 260 g/mol. The Morgan fingerprint density at radius 1 is 1.10 bits per heavy atom. The second-order valence-electron chi connectivity index (χ2n) is 8.42. The van der Waals surface area contributed by atoms with Gasteiger partial charge >= 0.3 is 0 Å². The molecule has 3 heteroatoms. The molecule has 0 aromatic rings. The fourth-order valence-electron chi connectivity index (χ4n) is 6.43. The van der Waals surface area contributed by atoms with E-state index in [-0.39, 0.29) is 5.41 Å². The summed E-state index contributed by atoms with van der Waals surface area (Å²) in [5, 5.41) is 0. The number of nitrogens with two attached hydrogens (primary N) is 1. The molecule has 1 unspecified atom stereocenters. The maximum absolute atomic E-state index is 13.4.